The molecule has 0 amide bonds. The Kier molecular flexibility index (Phi) is 5.54. The van der Waals surface area contributed by atoms with Crippen LogP contribution in [0.3, 0.4) is 0 Å². The van der Waals surface area contributed by atoms with E-state index < -0.39 is 0 Å². The lowest BCUT2D eigenvalue weighted by Crippen LogP contribution is -2.49. The Morgan fingerprint density at radius 3 is 2.31 bits per heavy atom. The lowest BCUT2D eigenvalue weighted by Gasteiger charge is -2.36. The summed E-state index contributed by atoms with van der Waals surface area (Å²) in [6.45, 7) is 11.3. The first kappa shape index (κ1) is 11.7. The number of rotatable bonds is 4. The van der Waals surface area contributed by atoms with Gasteiger partial charge in [0.25, 0.3) is 0 Å². The summed E-state index contributed by atoms with van der Waals surface area (Å²) in [6.07, 6.45) is 0. The van der Waals surface area contributed by atoms with Crippen molar-refractivity contribution < 1.29 is 3.07 Å². The van der Waals surface area contributed by atoms with Gasteiger partial charge >= 0.3 is 0 Å². The zero-order chi connectivity index (χ0) is 9.68. The second-order valence-corrected chi connectivity index (χ2v) is 4.41. The average molecular weight is 298 g/mol. The molecular formula is C9H19IN2O. The third kappa shape index (κ3) is 4.10. The molecule has 1 aliphatic heterocycles. The smallest absolute Gasteiger partial charge is 0.109 e. The van der Waals surface area contributed by atoms with Crippen LogP contribution < -0.4 is 0 Å². The molecule has 13 heavy (non-hydrogen) atoms. The highest BCUT2D eigenvalue weighted by Crippen LogP contribution is 2.05. The second-order valence-electron chi connectivity index (χ2n) is 3.78. The standard InChI is InChI=1S/C9H19IN2O/c1-9(2)12-5-3-11(4-6-12)7-8-13-10/h9H,3-8H2,1-2H3. The highest BCUT2D eigenvalue weighted by molar-refractivity contribution is 14.1. The molecule has 78 valence electrons. The van der Waals surface area contributed by atoms with E-state index in [1.165, 1.54) is 26.2 Å². The van der Waals surface area contributed by atoms with Crippen LogP contribution in [0.4, 0.5) is 0 Å². The number of halogens is 1. The van der Waals surface area contributed by atoms with Gasteiger partial charge in [0.15, 0.2) is 0 Å². The fourth-order valence-electron chi connectivity index (χ4n) is 1.67. The summed E-state index contributed by atoms with van der Waals surface area (Å²) in [4.78, 5) is 5.00. The van der Waals surface area contributed by atoms with Crippen LogP contribution in [0.2, 0.25) is 0 Å². The number of hydrogen-bond donors (Lipinski definition) is 0. The minimum Gasteiger partial charge on any atom is -0.314 e. The van der Waals surface area contributed by atoms with E-state index in [4.69, 9.17) is 3.07 Å². The molecule has 0 spiro atoms. The molecule has 3 nitrogen and oxygen atoms in total. The van der Waals surface area contributed by atoms with E-state index in [1.54, 1.807) is 0 Å². The largest absolute Gasteiger partial charge is 0.314 e. The molecule has 0 aliphatic carbocycles. The van der Waals surface area contributed by atoms with Crippen molar-refractivity contribution >= 4 is 23.0 Å². The SMILES string of the molecule is CC(C)N1CCN(CCOI)CC1. The first-order valence-electron chi connectivity index (χ1n) is 4.94. The van der Waals surface area contributed by atoms with Gasteiger partial charge in [-0.1, -0.05) is 0 Å². The van der Waals surface area contributed by atoms with Crippen molar-refractivity contribution in [1.82, 2.24) is 9.80 Å². The maximum atomic E-state index is 5.03. The van der Waals surface area contributed by atoms with E-state index in [2.05, 4.69) is 23.6 Å². The number of piperazine rings is 1. The van der Waals surface area contributed by atoms with Gasteiger partial charge in [0.05, 0.1) is 6.61 Å². The van der Waals surface area contributed by atoms with Gasteiger partial charge in [0.2, 0.25) is 0 Å². The van der Waals surface area contributed by atoms with Crippen LogP contribution in [-0.4, -0.2) is 55.2 Å². The van der Waals surface area contributed by atoms with Crippen molar-refractivity contribution in [3.05, 3.63) is 0 Å². The Morgan fingerprint density at radius 2 is 1.85 bits per heavy atom. The number of hydrogen-bond acceptors (Lipinski definition) is 3. The molecule has 1 heterocycles. The molecule has 0 unspecified atom stereocenters. The highest BCUT2D eigenvalue weighted by Gasteiger charge is 2.17. The van der Waals surface area contributed by atoms with Crippen LogP contribution in [0.25, 0.3) is 0 Å². The summed E-state index contributed by atoms with van der Waals surface area (Å²) in [5, 5.41) is 0. The molecule has 0 radical (unpaired) electrons. The molecule has 0 aromatic carbocycles. The van der Waals surface area contributed by atoms with E-state index in [-0.39, 0.29) is 0 Å². The van der Waals surface area contributed by atoms with Crippen LogP contribution in [-0.2, 0) is 3.07 Å². The lowest BCUT2D eigenvalue weighted by atomic mass is 10.2. The first-order chi connectivity index (χ1) is 6.24. The Bertz CT molecular complexity index is 136. The molecule has 0 atom stereocenters. The summed E-state index contributed by atoms with van der Waals surface area (Å²) in [7, 11) is 0. The van der Waals surface area contributed by atoms with Gasteiger partial charge < -0.3 is 3.07 Å². The van der Waals surface area contributed by atoms with E-state index in [0.29, 0.717) is 6.04 Å². The molecule has 0 aromatic rings. The van der Waals surface area contributed by atoms with Crippen LogP contribution in [0.15, 0.2) is 0 Å². The van der Waals surface area contributed by atoms with Gasteiger partial charge in [-0.2, -0.15) is 0 Å². The van der Waals surface area contributed by atoms with Crippen molar-refractivity contribution in [2.75, 3.05) is 39.3 Å². The monoisotopic (exact) mass is 298 g/mol. The molecule has 1 aliphatic rings. The van der Waals surface area contributed by atoms with Crippen molar-refractivity contribution in [2.45, 2.75) is 19.9 Å². The van der Waals surface area contributed by atoms with Gasteiger partial charge in [-0.3, -0.25) is 9.80 Å². The summed E-state index contributed by atoms with van der Waals surface area (Å²) in [6, 6.07) is 0.697. The summed E-state index contributed by atoms with van der Waals surface area (Å²) < 4.78 is 5.03. The maximum absolute atomic E-state index is 5.03. The molecule has 0 N–H and O–H groups in total. The Labute approximate surface area is 95.1 Å². The molecule has 0 bridgehead atoms. The predicted octanol–water partition coefficient (Wildman–Crippen LogP) is 1.38. The molecule has 4 heteroatoms. The van der Waals surface area contributed by atoms with E-state index in [9.17, 15) is 0 Å². The molecule has 0 saturated carbocycles. The van der Waals surface area contributed by atoms with E-state index in [0.717, 1.165) is 13.2 Å². The Morgan fingerprint density at radius 1 is 1.23 bits per heavy atom. The molecular weight excluding hydrogens is 279 g/mol. The Hall–Kier alpha value is 0.610. The third-order valence-electron chi connectivity index (χ3n) is 2.62. The van der Waals surface area contributed by atoms with Crippen LogP contribution >= 0.6 is 23.0 Å². The van der Waals surface area contributed by atoms with Crippen LogP contribution in [0.5, 0.6) is 0 Å². The minimum absolute atomic E-state index is 0.697. The van der Waals surface area contributed by atoms with Crippen molar-refractivity contribution in [1.29, 1.82) is 0 Å². The fraction of sp³-hybridized carbons (Fsp3) is 1.00. The number of nitrogens with zero attached hydrogens (tertiary/aromatic N) is 2. The van der Waals surface area contributed by atoms with Gasteiger partial charge in [-0.25, -0.2) is 0 Å². The average Bonchev–Trinajstić information content (AvgIpc) is 2.15. The zero-order valence-corrected chi connectivity index (χ0v) is 10.7. The lowest BCUT2D eigenvalue weighted by molar-refractivity contribution is 0.102. The van der Waals surface area contributed by atoms with Crippen LogP contribution in [0.1, 0.15) is 13.8 Å². The maximum Gasteiger partial charge on any atom is 0.109 e. The summed E-state index contributed by atoms with van der Waals surface area (Å²) in [5.41, 5.74) is 0. The minimum atomic E-state index is 0.697. The van der Waals surface area contributed by atoms with E-state index in [1.807, 2.05) is 23.0 Å². The van der Waals surface area contributed by atoms with Crippen molar-refractivity contribution in [2.24, 2.45) is 0 Å². The summed E-state index contributed by atoms with van der Waals surface area (Å²) >= 11 is 1.96. The van der Waals surface area contributed by atoms with Gasteiger partial charge in [-0.15, -0.1) is 0 Å². The van der Waals surface area contributed by atoms with Gasteiger partial charge in [0.1, 0.15) is 23.0 Å². The van der Waals surface area contributed by atoms with Gasteiger partial charge in [-0.05, 0) is 13.8 Å². The third-order valence-corrected chi connectivity index (χ3v) is 3.06. The van der Waals surface area contributed by atoms with Crippen molar-refractivity contribution in [3.63, 3.8) is 0 Å². The van der Waals surface area contributed by atoms with Crippen molar-refractivity contribution in [3.8, 4) is 0 Å². The van der Waals surface area contributed by atoms with Crippen LogP contribution in [0, 0.1) is 0 Å². The van der Waals surface area contributed by atoms with E-state index >= 15 is 0 Å². The predicted molar refractivity (Wildman–Crippen MR) is 63.1 cm³/mol. The normalized spacial score (nSPS) is 21.2. The molecule has 0 aromatic heterocycles. The molecule has 1 rings (SSSR count). The second kappa shape index (κ2) is 6.16. The Balaban J connectivity index is 2.15. The quantitative estimate of drug-likeness (QED) is 0.729. The van der Waals surface area contributed by atoms with Gasteiger partial charge in [0, 0.05) is 38.8 Å². The highest BCUT2D eigenvalue weighted by atomic mass is 127. The first-order valence-corrected chi connectivity index (χ1v) is 5.82. The zero-order valence-electron chi connectivity index (χ0n) is 8.50. The molecule has 1 fully saturated rings. The topological polar surface area (TPSA) is 15.7 Å². The molecule has 1 saturated heterocycles. The fourth-order valence-corrected chi connectivity index (χ4v) is 1.86. The summed E-state index contributed by atoms with van der Waals surface area (Å²) in [5.74, 6) is 0.